The molecule has 1 aliphatic heterocycles. The molecule has 21 heavy (non-hydrogen) atoms. The third kappa shape index (κ3) is 3.53. The van der Waals surface area contributed by atoms with Gasteiger partial charge in [0.05, 0.1) is 10.5 Å². The van der Waals surface area contributed by atoms with Crippen LogP contribution in [0.25, 0.3) is 0 Å². The number of hydrogen-bond donors (Lipinski definition) is 1. The number of nitrogens with one attached hydrogen (secondary N) is 1. The molecule has 1 unspecified atom stereocenters. The average molecular weight is 292 g/mol. The molecular formula is C16H24N2O3. The summed E-state index contributed by atoms with van der Waals surface area (Å²) >= 11 is 0. The molecule has 0 saturated carbocycles. The Kier molecular flexibility index (Phi) is 4.83. The minimum atomic E-state index is -0.350. The molecule has 0 aromatic heterocycles. The monoisotopic (exact) mass is 292 g/mol. The fourth-order valence-corrected chi connectivity index (χ4v) is 2.99. The summed E-state index contributed by atoms with van der Waals surface area (Å²) in [5.74, 6) is 0. The molecule has 1 saturated heterocycles. The van der Waals surface area contributed by atoms with E-state index in [1.807, 2.05) is 6.92 Å². The fraction of sp³-hybridized carbons (Fsp3) is 0.625. The highest BCUT2D eigenvalue weighted by Gasteiger charge is 2.34. The lowest BCUT2D eigenvalue weighted by Crippen LogP contribution is -2.43. The second-order valence-corrected chi connectivity index (χ2v) is 5.83. The molecule has 1 atom stereocenters. The number of rotatable bonds is 5. The number of nitro groups is 1. The zero-order valence-corrected chi connectivity index (χ0v) is 13.0. The number of nitro benzene ring substituents is 1. The molecule has 0 bridgehead atoms. The van der Waals surface area contributed by atoms with Gasteiger partial charge in [-0.3, -0.25) is 10.1 Å². The fourth-order valence-electron chi connectivity index (χ4n) is 2.99. The maximum atomic E-state index is 10.9. The second kappa shape index (κ2) is 6.43. The molecule has 1 N–H and O–H groups in total. The lowest BCUT2D eigenvalue weighted by atomic mass is 9.85. The van der Waals surface area contributed by atoms with Gasteiger partial charge in [0, 0.05) is 30.5 Å². The van der Waals surface area contributed by atoms with Crippen LogP contribution in [0.4, 0.5) is 11.4 Å². The van der Waals surface area contributed by atoms with Crippen molar-refractivity contribution in [3.05, 3.63) is 33.9 Å². The molecule has 1 aromatic rings. The van der Waals surface area contributed by atoms with E-state index < -0.39 is 0 Å². The molecule has 1 aliphatic rings. The Morgan fingerprint density at radius 2 is 2.14 bits per heavy atom. The summed E-state index contributed by atoms with van der Waals surface area (Å²) < 4.78 is 5.98. The number of benzene rings is 1. The smallest absolute Gasteiger partial charge is 0.271 e. The lowest BCUT2D eigenvalue weighted by molar-refractivity contribution is -0.384. The van der Waals surface area contributed by atoms with Crippen LogP contribution >= 0.6 is 0 Å². The first-order chi connectivity index (χ1) is 9.99. The molecule has 2 rings (SSSR count). The van der Waals surface area contributed by atoms with Crippen LogP contribution in [0.2, 0.25) is 0 Å². The van der Waals surface area contributed by atoms with Gasteiger partial charge in [-0.05, 0) is 38.2 Å². The molecule has 1 aromatic carbocycles. The summed E-state index contributed by atoms with van der Waals surface area (Å²) in [6.07, 6.45) is 3.87. The molecule has 0 spiro atoms. The zero-order chi connectivity index (χ0) is 15.5. The topological polar surface area (TPSA) is 64.4 Å². The van der Waals surface area contributed by atoms with Crippen LogP contribution in [0.5, 0.6) is 0 Å². The van der Waals surface area contributed by atoms with Gasteiger partial charge < -0.3 is 10.1 Å². The number of aryl methyl sites for hydroxylation is 1. The van der Waals surface area contributed by atoms with Crippen molar-refractivity contribution in [2.24, 2.45) is 0 Å². The first-order valence-corrected chi connectivity index (χ1v) is 7.65. The van der Waals surface area contributed by atoms with Crippen molar-refractivity contribution in [3.63, 3.8) is 0 Å². The van der Waals surface area contributed by atoms with E-state index >= 15 is 0 Å². The Hall–Kier alpha value is -1.62. The molecule has 5 nitrogen and oxygen atoms in total. The molecule has 116 valence electrons. The van der Waals surface area contributed by atoms with Gasteiger partial charge in [0.25, 0.3) is 5.69 Å². The van der Waals surface area contributed by atoms with Crippen LogP contribution in [0, 0.1) is 17.0 Å². The molecule has 5 heteroatoms. The maximum absolute atomic E-state index is 10.9. The van der Waals surface area contributed by atoms with Crippen molar-refractivity contribution in [3.8, 4) is 0 Å². The predicted octanol–water partition coefficient (Wildman–Crippen LogP) is 4.05. The van der Waals surface area contributed by atoms with E-state index in [9.17, 15) is 10.1 Å². The van der Waals surface area contributed by atoms with E-state index in [1.165, 1.54) is 0 Å². The van der Waals surface area contributed by atoms with Gasteiger partial charge in [-0.25, -0.2) is 0 Å². The Labute approximate surface area is 125 Å². The van der Waals surface area contributed by atoms with Crippen molar-refractivity contribution < 1.29 is 9.66 Å². The summed E-state index contributed by atoms with van der Waals surface area (Å²) in [6, 6.07) is 5.28. The highest BCUT2D eigenvalue weighted by Crippen LogP contribution is 2.33. The maximum Gasteiger partial charge on any atom is 0.271 e. The van der Waals surface area contributed by atoms with Crippen LogP contribution < -0.4 is 5.32 Å². The average Bonchev–Trinajstić information content (AvgIpc) is 2.49. The van der Waals surface area contributed by atoms with Gasteiger partial charge in [-0.1, -0.05) is 19.9 Å². The van der Waals surface area contributed by atoms with Gasteiger partial charge >= 0.3 is 0 Å². The SMILES string of the molecule is CCC1(CC)CC(Nc2cc([N+](=O)[O-])ccc2C)CCO1. The molecule has 0 radical (unpaired) electrons. The van der Waals surface area contributed by atoms with E-state index in [0.717, 1.165) is 43.5 Å². The molecular weight excluding hydrogens is 268 g/mol. The summed E-state index contributed by atoms with van der Waals surface area (Å²) in [7, 11) is 0. The highest BCUT2D eigenvalue weighted by atomic mass is 16.6. The van der Waals surface area contributed by atoms with Gasteiger partial charge in [0.1, 0.15) is 0 Å². The standard InChI is InChI=1S/C16H24N2O3/c1-4-16(5-2)11-13(8-9-21-16)17-15-10-14(18(19)20)7-6-12(15)3/h6-7,10,13,17H,4-5,8-9,11H2,1-3H3. The van der Waals surface area contributed by atoms with Crippen molar-refractivity contribution in [1.29, 1.82) is 0 Å². The van der Waals surface area contributed by atoms with Gasteiger partial charge in [0.15, 0.2) is 0 Å². The van der Waals surface area contributed by atoms with Crippen molar-refractivity contribution >= 4 is 11.4 Å². The van der Waals surface area contributed by atoms with E-state index in [1.54, 1.807) is 18.2 Å². The molecule has 0 aliphatic carbocycles. The number of non-ortho nitro benzene ring substituents is 1. The van der Waals surface area contributed by atoms with Crippen LogP contribution in [0.1, 0.15) is 45.1 Å². The number of ether oxygens (including phenoxy) is 1. The highest BCUT2D eigenvalue weighted by molar-refractivity contribution is 5.57. The predicted molar refractivity (Wildman–Crippen MR) is 83.7 cm³/mol. The number of nitrogens with zero attached hydrogens (tertiary/aromatic N) is 1. The van der Waals surface area contributed by atoms with Crippen LogP contribution in [-0.2, 0) is 4.74 Å². The largest absolute Gasteiger partial charge is 0.382 e. The van der Waals surface area contributed by atoms with Gasteiger partial charge in [-0.15, -0.1) is 0 Å². The van der Waals surface area contributed by atoms with Crippen LogP contribution in [0.3, 0.4) is 0 Å². The lowest BCUT2D eigenvalue weighted by Gasteiger charge is -2.40. The third-order valence-electron chi connectivity index (χ3n) is 4.57. The number of hydrogen-bond acceptors (Lipinski definition) is 4. The minimum Gasteiger partial charge on any atom is -0.382 e. The molecule has 0 amide bonds. The van der Waals surface area contributed by atoms with E-state index in [0.29, 0.717) is 6.04 Å². The molecule has 1 fully saturated rings. The minimum absolute atomic E-state index is 0.0511. The zero-order valence-electron chi connectivity index (χ0n) is 13.0. The summed E-state index contributed by atoms with van der Waals surface area (Å²) in [4.78, 5) is 10.6. The Balaban J connectivity index is 2.14. The van der Waals surface area contributed by atoms with Crippen molar-refractivity contribution in [1.82, 2.24) is 0 Å². The first-order valence-electron chi connectivity index (χ1n) is 7.65. The summed E-state index contributed by atoms with van der Waals surface area (Å²) in [6.45, 7) is 7.03. The summed E-state index contributed by atoms with van der Waals surface area (Å²) in [5.41, 5.74) is 1.97. The van der Waals surface area contributed by atoms with E-state index in [-0.39, 0.29) is 16.2 Å². The summed E-state index contributed by atoms with van der Waals surface area (Å²) in [5, 5.41) is 14.4. The Bertz CT molecular complexity index is 512. The van der Waals surface area contributed by atoms with E-state index in [2.05, 4.69) is 19.2 Å². The van der Waals surface area contributed by atoms with Crippen molar-refractivity contribution in [2.75, 3.05) is 11.9 Å². The van der Waals surface area contributed by atoms with Crippen molar-refractivity contribution in [2.45, 2.75) is 58.1 Å². The Morgan fingerprint density at radius 3 is 2.76 bits per heavy atom. The van der Waals surface area contributed by atoms with Crippen LogP contribution in [0.15, 0.2) is 18.2 Å². The number of anilines is 1. The Morgan fingerprint density at radius 1 is 1.43 bits per heavy atom. The van der Waals surface area contributed by atoms with Gasteiger partial charge in [-0.2, -0.15) is 0 Å². The quantitative estimate of drug-likeness (QED) is 0.656. The van der Waals surface area contributed by atoms with Crippen LogP contribution in [-0.4, -0.2) is 23.2 Å². The third-order valence-corrected chi connectivity index (χ3v) is 4.57. The first kappa shape index (κ1) is 15.8. The molecule has 1 heterocycles. The second-order valence-electron chi connectivity index (χ2n) is 5.83. The normalized spacial score (nSPS) is 21.0. The van der Waals surface area contributed by atoms with E-state index in [4.69, 9.17) is 4.74 Å². The van der Waals surface area contributed by atoms with Gasteiger partial charge in [0.2, 0.25) is 0 Å².